The zero-order valence-corrected chi connectivity index (χ0v) is 13.3. The Morgan fingerprint density at radius 1 is 1.38 bits per heavy atom. The van der Waals surface area contributed by atoms with E-state index in [2.05, 4.69) is 47.1 Å². The molecule has 10 heteroatoms. The average molecular weight is 428 g/mol. The molecule has 0 atom stereocenters. The summed E-state index contributed by atoms with van der Waals surface area (Å²) < 4.78 is 38.8. The maximum atomic E-state index is 12.4. The highest BCUT2D eigenvalue weighted by Gasteiger charge is 2.29. The van der Waals surface area contributed by atoms with Crippen molar-refractivity contribution in [2.75, 3.05) is 5.32 Å². The molecular weight excluding hydrogens is 421 g/mol. The second-order valence-corrected chi connectivity index (χ2v) is 5.49. The Kier molecular flexibility index (Phi) is 4.67. The van der Waals surface area contributed by atoms with Crippen molar-refractivity contribution < 1.29 is 18.0 Å². The van der Waals surface area contributed by atoms with Crippen LogP contribution in [0.2, 0.25) is 0 Å². The second-order valence-electron chi connectivity index (χ2n) is 3.92. The molecule has 2 rings (SSSR count). The van der Waals surface area contributed by atoms with E-state index in [-0.39, 0.29) is 16.1 Å². The van der Waals surface area contributed by atoms with Gasteiger partial charge in [0.25, 0.3) is 5.91 Å². The molecule has 112 valence electrons. The summed E-state index contributed by atoms with van der Waals surface area (Å²) in [6, 6.07) is 2.66. The number of hydrogen-bond donors (Lipinski definition) is 1. The van der Waals surface area contributed by atoms with E-state index >= 15 is 0 Å². The largest absolute Gasteiger partial charge is 0.406 e. The third kappa shape index (κ3) is 4.27. The first-order valence-electron chi connectivity index (χ1n) is 5.47. The summed E-state index contributed by atoms with van der Waals surface area (Å²) in [5.41, 5.74) is -0.121. The Balaban J connectivity index is 2.19. The van der Waals surface area contributed by atoms with Gasteiger partial charge in [-0.05, 0) is 44.0 Å². The number of anilines is 1. The molecular formula is C11H7Br2F3N4O. The zero-order valence-electron chi connectivity index (χ0n) is 10.2. The minimum Gasteiger partial charge on any atom is -0.334 e. The molecule has 2 heterocycles. The molecule has 0 aliphatic rings. The standard InChI is InChI=1S/C11H7Br2F3N4O/c12-7-4-17-9(8(13)18-7)19-10(21)6-2-1-3-20(6)5-11(14,15)16/h1-4H,5H2,(H,17,19,21). The van der Waals surface area contributed by atoms with E-state index < -0.39 is 18.6 Å². The Morgan fingerprint density at radius 2 is 2.10 bits per heavy atom. The predicted octanol–water partition coefficient (Wildman–Crippen LogP) is 3.62. The smallest absolute Gasteiger partial charge is 0.334 e. The van der Waals surface area contributed by atoms with Crippen LogP contribution in [0.25, 0.3) is 0 Å². The predicted molar refractivity (Wildman–Crippen MR) is 75.9 cm³/mol. The molecule has 1 amide bonds. The number of hydrogen-bond acceptors (Lipinski definition) is 3. The number of nitrogens with one attached hydrogen (secondary N) is 1. The first-order chi connectivity index (χ1) is 9.76. The number of carbonyl (C=O) groups excluding carboxylic acids is 1. The molecule has 5 nitrogen and oxygen atoms in total. The summed E-state index contributed by atoms with van der Waals surface area (Å²) in [6.45, 7) is -1.24. The topological polar surface area (TPSA) is 59.8 Å². The summed E-state index contributed by atoms with van der Waals surface area (Å²) >= 11 is 6.20. The minimum absolute atomic E-state index is 0.114. The Hall–Kier alpha value is -1.42. The third-order valence-corrected chi connectivity index (χ3v) is 3.28. The lowest BCUT2D eigenvalue weighted by molar-refractivity contribution is -0.140. The Morgan fingerprint density at radius 3 is 2.71 bits per heavy atom. The molecule has 0 aliphatic carbocycles. The zero-order chi connectivity index (χ0) is 15.6. The van der Waals surface area contributed by atoms with Crippen molar-refractivity contribution >= 4 is 43.6 Å². The SMILES string of the molecule is O=C(Nc1ncc(Br)nc1Br)c1cccn1CC(F)(F)F. The monoisotopic (exact) mass is 426 g/mol. The molecule has 0 spiro atoms. The van der Waals surface area contributed by atoms with E-state index in [0.717, 1.165) is 4.57 Å². The molecule has 0 fully saturated rings. The van der Waals surface area contributed by atoms with E-state index in [1.165, 1.54) is 24.5 Å². The molecule has 1 N–H and O–H groups in total. The summed E-state index contributed by atoms with van der Waals surface area (Å²) in [6.07, 6.45) is -1.87. The van der Waals surface area contributed by atoms with Crippen molar-refractivity contribution in [3.8, 4) is 0 Å². The van der Waals surface area contributed by atoms with Gasteiger partial charge < -0.3 is 9.88 Å². The highest BCUT2D eigenvalue weighted by molar-refractivity contribution is 9.11. The van der Waals surface area contributed by atoms with Crippen LogP contribution in [-0.2, 0) is 6.54 Å². The minimum atomic E-state index is -4.41. The van der Waals surface area contributed by atoms with Crippen LogP contribution in [0.3, 0.4) is 0 Å². The van der Waals surface area contributed by atoms with Crippen LogP contribution in [0.4, 0.5) is 19.0 Å². The van der Waals surface area contributed by atoms with Crippen LogP contribution < -0.4 is 5.32 Å². The van der Waals surface area contributed by atoms with E-state index in [9.17, 15) is 18.0 Å². The average Bonchev–Trinajstić information content (AvgIpc) is 2.78. The van der Waals surface area contributed by atoms with E-state index in [1.807, 2.05) is 0 Å². The van der Waals surface area contributed by atoms with E-state index in [1.54, 1.807) is 0 Å². The highest BCUT2D eigenvalue weighted by Crippen LogP contribution is 2.22. The maximum Gasteiger partial charge on any atom is 0.406 e. The molecule has 2 aromatic heterocycles. The van der Waals surface area contributed by atoms with Gasteiger partial charge in [-0.25, -0.2) is 9.97 Å². The van der Waals surface area contributed by atoms with E-state index in [4.69, 9.17) is 0 Å². The van der Waals surface area contributed by atoms with Gasteiger partial charge in [-0.15, -0.1) is 0 Å². The lowest BCUT2D eigenvalue weighted by Gasteiger charge is -2.12. The number of carbonyl (C=O) groups is 1. The van der Waals surface area contributed by atoms with Crippen LogP contribution >= 0.6 is 31.9 Å². The van der Waals surface area contributed by atoms with Gasteiger partial charge in [0.15, 0.2) is 5.82 Å². The van der Waals surface area contributed by atoms with Crippen molar-refractivity contribution in [1.29, 1.82) is 0 Å². The molecule has 0 saturated heterocycles. The second kappa shape index (κ2) is 6.14. The van der Waals surface area contributed by atoms with Gasteiger partial charge >= 0.3 is 6.18 Å². The van der Waals surface area contributed by atoms with Gasteiger partial charge in [-0.1, -0.05) is 0 Å². The fraction of sp³-hybridized carbons (Fsp3) is 0.182. The van der Waals surface area contributed by atoms with Crippen molar-refractivity contribution in [3.05, 3.63) is 39.4 Å². The number of halogens is 5. The van der Waals surface area contributed by atoms with Crippen LogP contribution in [0, 0.1) is 0 Å². The lowest BCUT2D eigenvalue weighted by atomic mass is 10.4. The van der Waals surface area contributed by atoms with Crippen LogP contribution in [0.15, 0.2) is 33.7 Å². The van der Waals surface area contributed by atoms with Gasteiger partial charge in [-0.2, -0.15) is 13.2 Å². The molecule has 21 heavy (non-hydrogen) atoms. The molecule has 2 aromatic rings. The number of rotatable bonds is 3. The van der Waals surface area contributed by atoms with E-state index in [0.29, 0.717) is 4.60 Å². The lowest BCUT2D eigenvalue weighted by Crippen LogP contribution is -2.23. The summed E-state index contributed by atoms with van der Waals surface area (Å²) in [7, 11) is 0. The molecule has 0 aliphatic heterocycles. The molecule has 0 radical (unpaired) electrons. The fourth-order valence-corrected chi connectivity index (χ4v) is 2.46. The molecule has 0 saturated carbocycles. The van der Waals surface area contributed by atoms with Crippen molar-refractivity contribution in [1.82, 2.24) is 14.5 Å². The quantitative estimate of drug-likeness (QED) is 0.813. The van der Waals surface area contributed by atoms with Gasteiger partial charge in [-0.3, -0.25) is 4.79 Å². The Bertz CT molecular complexity index is 672. The van der Waals surface area contributed by atoms with Gasteiger partial charge in [0.1, 0.15) is 21.4 Å². The van der Waals surface area contributed by atoms with Crippen LogP contribution in [0.1, 0.15) is 10.5 Å². The summed E-state index contributed by atoms with van der Waals surface area (Å²) in [5.74, 6) is -0.593. The van der Waals surface area contributed by atoms with Crippen LogP contribution in [-0.4, -0.2) is 26.6 Å². The fourth-order valence-electron chi connectivity index (χ4n) is 1.55. The maximum absolute atomic E-state index is 12.4. The van der Waals surface area contributed by atoms with Crippen molar-refractivity contribution in [2.24, 2.45) is 0 Å². The molecule has 0 bridgehead atoms. The van der Waals surface area contributed by atoms with Crippen molar-refractivity contribution in [2.45, 2.75) is 12.7 Å². The molecule has 0 unspecified atom stereocenters. The first-order valence-corrected chi connectivity index (χ1v) is 7.06. The number of nitrogens with zero attached hydrogens (tertiary/aromatic N) is 3. The molecule has 0 aromatic carbocycles. The van der Waals surface area contributed by atoms with Crippen LogP contribution in [0.5, 0.6) is 0 Å². The number of alkyl halides is 3. The van der Waals surface area contributed by atoms with Gasteiger partial charge in [0, 0.05) is 6.20 Å². The Labute approximate surface area is 133 Å². The number of amides is 1. The van der Waals surface area contributed by atoms with Crippen molar-refractivity contribution in [3.63, 3.8) is 0 Å². The summed E-state index contributed by atoms with van der Waals surface area (Å²) in [4.78, 5) is 19.9. The van der Waals surface area contributed by atoms with Gasteiger partial charge in [0.05, 0.1) is 6.20 Å². The third-order valence-electron chi connectivity index (χ3n) is 2.34. The normalized spacial score (nSPS) is 11.5. The van der Waals surface area contributed by atoms with Gasteiger partial charge in [0.2, 0.25) is 0 Å². The first kappa shape index (κ1) is 16.0. The summed E-state index contributed by atoms with van der Waals surface area (Å²) in [5, 5.41) is 2.40. The highest BCUT2D eigenvalue weighted by atomic mass is 79.9. The number of aromatic nitrogens is 3.